The Morgan fingerprint density at radius 2 is 2.03 bits per heavy atom. The lowest BCUT2D eigenvalue weighted by Crippen LogP contribution is -2.47. The summed E-state index contributed by atoms with van der Waals surface area (Å²) in [6, 6.07) is 12.0. The molecule has 1 spiro atoms. The highest BCUT2D eigenvalue weighted by Crippen LogP contribution is 2.39. The van der Waals surface area contributed by atoms with Crippen LogP contribution in [0.3, 0.4) is 0 Å². The molecule has 0 aliphatic carbocycles. The molecular formula is C23H27ClN4O2. The van der Waals surface area contributed by atoms with E-state index in [0.717, 1.165) is 42.6 Å². The van der Waals surface area contributed by atoms with E-state index in [-0.39, 0.29) is 30.5 Å². The van der Waals surface area contributed by atoms with Gasteiger partial charge in [-0.15, -0.1) is 12.4 Å². The van der Waals surface area contributed by atoms with E-state index in [4.69, 9.17) is 4.74 Å². The summed E-state index contributed by atoms with van der Waals surface area (Å²) >= 11 is 0. The average Bonchev–Trinajstić information content (AvgIpc) is 3.28. The van der Waals surface area contributed by atoms with Crippen LogP contribution in [0.1, 0.15) is 50.4 Å². The molecule has 2 fully saturated rings. The van der Waals surface area contributed by atoms with Crippen molar-refractivity contribution in [1.29, 1.82) is 5.26 Å². The van der Waals surface area contributed by atoms with Crippen LogP contribution in [0.2, 0.25) is 0 Å². The topological polar surface area (TPSA) is 78.2 Å². The van der Waals surface area contributed by atoms with Gasteiger partial charge in [-0.25, -0.2) is 0 Å². The number of nitriles is 1. The van der Waals surface area contributed by atoms with E-state index < -0.39 is 5.54 Å². The van der Waals surface area contributed by atoms with Crippen molar-refractivity contribution in [3.8, 4) is 22.9 Å². The first-order valence-corrected chi connectivity index (χ1v) is 10.1. The van der Waals surface area contributed by atoms with Crippen molar-refractivity contribution < 1.29 is 9.53 Å². The van der Waals surface area contributed by atoms with Crippen LogP contribution in [-0.2, 0) is 4.79 Å². The minimum absolute atomic E-state index is 0. The fourth-order valence-electron chi connectivity index (χ4n) is 4.36. The zero-order chi connectivity index (χ0) is 20.6. The molecule has 1 aromatic heterocycles. The maximum absolute atomic E-state index is 12.6. The molecule has 158 valence electrons. The van der Waals surface area contributed by atoms with Gasteiger partial charge in [0.25, 0.3) is 0 Å². The molecule has 0 saturated carbocycles. The van der Waals surface area contributed by atoms with Crippen LogP contribution in [0.15, 0.2) is 36.5 Å². The van der Waals surface area contributed by atoms with E-state index in [2.05, 4.69) is 22.4 Å². The van der Waals surface area contributed by atoms with Crippen LogP contribution in [0.25, 0.3) is 11.1 Å². The number of hydrogen-bond donors (Lipinski definition) is 1. The highest BCUT2D eigenvalue weighted by atomic mass is 35.5. The number of rotatable bonds is 4. The van der Waals surface area contributed by atoms with Crippen LogP contribution in [0.4, 0.5) is 0 Å². The van der Waals surface area contributed by atoms with Gasteiger partial charge in [0.15, 0.2) is 0 Å². The monoisotopic (exact) mass is 426 g/mol. The van der Waals surface area contributed by atoms with E-state index in [0.29, 0.717) is 11.3 Å². The van der Waals surface area contributed by atoms with Gasteiger partial charge in [0.2, 0.25) is 5.91 Å². The number of carbonyl (C=O) groups is 1. The van der Waals surface area contributed by atoms with E-state index in [9.17, 15) is 10.1 Å². The molecule has 6 nitrogen and oxygen atoms in total. The van der Waals surface area contributed by atoms with Gasteiger partial charge in [0.1, 0.15) is 17.4 Å². The number of nitrogens with one attached hydrogen (secondary N) is 1. The zero-order valence-corrected chi connectivity index (χ0v) is 18.3. The molecule has 2 aliphatic heterocycles. The maximum Gasteiger partial charge on any atom is 0.242 e. The fourth-order valence-corrected chi connectivity index (χ4v) is 4.36. The molecule has 1 N–H and O–H groups in total. The Bertz CT molecular complexity index is 987. The van der Waals surface area contributed by atoms with Gasteiger partial charge in [-0.2, -0.15) is 5.26 Å². The Kier molecular flexibility index (Phi) is 6.35. The number of benzene rings is 1. The second kappa shape index (κ2) is 8.63. The third kappa shape index (κ3) is 4.00. The molecule has 30 heavy (non-hydrogen) atoms. The summed E-state index contributed by atoms with van der Waals surface area (Å²) in [4.78, 5) is 19.0. The Labute approximate surface area is 183 Å². The Hall–Kier alpha value is -2.62. The number of hydrogen-bond acceptors (Lipinski definition) is 5. The third-order valence-electron chi connectivity index (χ3n) is 5.87. The number of nitrogens with zero attached hydrogens (tertiary/aromatic N) is 3. The lowest BCUT2D eigenvalue weighted by Gasteiger charge is -2.23. The number of pyridine rings is 1. The molecule has 0 radical (unpaired) electrons. The van der Waals surface area contributed by atoms with Crippen LogP contribution in [0, 0.1) is 11.3 Å². The van der Waals surface area contributed by atoms with Gasteiger partial charge in [-0.05, 0) is 68.5 Å². The highest BCUT2D eigenvalue weighted by molar-refractivity contribution is 5.88. The van der Waals surface area contributed by atoms with Crippen LogP contribution >= 0.6 is 12.4 Å². The maximum atomic E-state index is 12.6. The Morgan fingerprint density at radius 1 is 1.27 bits per heavy atom. The van der Waals surface area contributed by atoms with E-state index in [1.165, 1.54) is 0 Å². The summed E-state index contributed by atoms with van der Waals surface area (Å²) in [6.45, 7) is 4.69. The molecule has 1 amide bonds. The number of aromatic nitrogens is 1. The van der Waals surface area contributed by atoms with Crippen molar-refractivity contribution in [3.63, 3.8) is 0 Å². The van der Waals surface area contributed by atoms with Crippen molar-refractivity contribution >= 4 is 18.3 Å². The lowest BCUT2D eigenvalue weighted by atomic mass is 9.96. The second-order valence-corrected chi connectivity index (χ2v) is 8.25. The lowest BCUT2D eigenvalue weighted by molar-refractivity contribution is -0.131. The molecule has 3 heterocycles. The van der Waals surface area contributed by atoms with E-state index in [1.807, 2.05) is 50.1 Å². The first-order chi connectivity index (χ1) is 13.9. The number of amides is 1. The third-order valence-corrected chi connectivity index (χ3v) is 5.87. The largest absolute Gasteiger partial charge is 0.490 e. The minimum atomic E-state index is -0.430. The van der Waals surface area contributed by atoms with E-state index >= 15 is 0 Å². The standard InChI is InChI=1S/C23H26N4O2.ClH/c1-15(2)29-21-5-4-16(12-18(21)14-24)17-7-10-25-20(13-17)19-6-8-23(26-19)9-11-27(3)22(23)28;/h4-5,7,10,12-13,15,19,26H,6,8-9,11H2,1-3H3;1H/t19-,23+;/m1./s1. The Balaban J connectivity index is 0.00000256. The predicted molar refractivity (Wildman–Crippen MR) is 117 cm³/mol. The summed E-state index contributed by atoms with van der Waals surface area (Å²) in [5, 5.41) is 13.1. The molecule has 2 aromatic rings. The van der Waals surface area contributed by atoms with Gasteiger partial charge in [0, 0.05) is 19.8 Å². The number of halogens is 1. The summed E-state index contributed by atoms with van der Waals surface area (Å²) in [5.41, 5.74) is 2.97. The quantitative estimate of drug-likeness (QED) is 0.803. The summed E-state index contributed by atoms with van der Waals surface area (Å²) in [7, 11) is 1.87. The molecule has 0 unspecified atom stereocenters. The van der Waals surface area contributed by atoms with Crippen molar-refractivity contribution in [3.05, 3.63) is 47.8 Å². The molecule has 2 aliphatic rings. The predicted octanol–water partition coefficient (Wildman–Crippen LogP) is 3.85. The summed E-state index contributed by atoms with van der Waals surface area (Å²) in [5.74, 6) is 0.791. The average molecular weight is 427 g/mol. The molecule has 7 heteroatoms. The first kappa shape index (κ1) is 22.1. The SMILES string of the molecule is CC(C)Oc1ccc(-c2ccnc([C@H]3CC[C@@]4(CCN(C)C4=O)N3)c2)cc1C#N.Cl. The number of carbonyl (C=O) groups excluding carboxylic acids is 1. The number of likely N-dealkylation sites (N-methyl/N-ethyl adjacent to an activating group) is 1. The first-order valence-electron chi connectivity index (χ1n) is 10.1. The van der Waals surface area contributed by atoms with Crippen molar-refractivity contribution in [1.82, 2.24) is 15.2 Å². The Morgan fingerprint density at radius 3 is 2.70 bits per heavy atom. The normalized spacial score (nSPS) is 23.0. The van der Waals surface area contributed by atoms with Gasteiger partial charge < -0.3 is 9.64 Å². The van der Waals surface area contributed by atoms with Gasteiger partial charge in [-0.1, -0.05) is 6.07 Å². The summed E-state index contributed by atoms with van der Waals surface area (Å²) in [6.07, 6.45) is 4.39. The molecular weight excluding hydrogens is 400 g/mol. The second-order valence-electron chi connectivity index (χ2n) is 8.25. The molecule has 0 bridgehead atoms. The fraction of sp³-hybridized carbons (Fsp3) is 0.435. The van der Waals surface area contributed by atoms with Crippen molar-refractivity contribution in [2.24, 2.45) is 0 Å². The van der Waals surface area contributed by atoms with E-state index in [1.54, 1.807) is 6.20 Å². The smallest absolute Gasteiger partial charge is 0.242 e. The van der Waals surface area contributed by atoms with Crippen LogP contribution in [0.5, 0.6) is 5.75 Å². The highest BCUT2D eigenvalue weighted by Gasteiger charge is 2.50. The summed E-state index contributed by atoms with van der Waals surface area (Å²) < 4.78 is 5.72. The zero-order valence-electron chi connectivity index (χ0n) is 17.5. The van der Waals surface area contributed by atoms with Gasteiger partial charge in [0.05, 0.1) is 23.4 Å². The number of likely N-dealkylation sites (tertiary alicyclic amines) is 1. The van der Waals surface area contributed by atoms with Crippen molar-refractivity contribution in [2.75, 3.05) is 13.6 Å². The molecule has 2 saturated heterocycles. The van der Waals surface area contributed by atoms with Crippen LogP contribution in [-0.4, -0.2) is 41.0 Å². The van der Waals surface area contributed by atoms with Crippen LogP contribution < -0.4 is 10.1 Å². The molecule has 1 aromatic carbocycles. The molecule has 4 rings (SSSR count). The molecule has 2 atom stereocenters. The number of ether oxygens (including phenoxy) is 1. The minimum Gasteiger partial charge on any atom is -0.490 e. The van der Waals surface area contributed by atoms with Gasteiger partial charge >= 0.3 is 0 Å². The van der Waals surface area contributed by atoms with Gasteiger partial charge in [-0.3, -0.25) is 15.1 Å². The van der Waals surface area contributed by atoms with Crippen molar-refractivity contribution in [2.45, 2.75) is 50.8 Å².